The van der Waals surface area contributed by atoms with Crippen LogP contribution in [0.15, 0.2) is 23.1 Å². The minimum absolute atomic E-state index is 0.0863. The van der Waals surface area contributed by atoms with E-state index in [2.05, 4.69) is 0 Å². The predicted octanol–water partition coefficient (Wildman–Crippen LogP) is 2.71. The lowest BCUT2D eigenvalue weighted by Crippen LogP contribution is -1.91. The number of nitrogens with zero attached hydrogens (tertiary/aromatic N) is 1. The van der Waals surface area contributed by atoms with Gasteiger partial charge in [-0.25, -0.2) is 8.42 Å². The zero-order valence-electron chi connectivity index (χ0n) is 8.60. The molecule has 0 saturated heterocycles. The van der Waals surface area contributed by atoms with Crippen LogP contribution in [0.4, 0.5) is 0 Å². The largest absolute Gasteiger partial charge is 0.497 e. The van der Waals surface area contributed by atoms with E-state index in [0.717, 1.165) is 11.3 Å². The molecule has 2 aromatic rings. The molecule has 0 aliphatic carbocycles. The van der Waals surface area contributed by atoms with Crippen molar-refractivity contribution in [3.8, 4) is 11.8 Å². The van der Waals surface area contributed by atoms with Gasteiger partial charge in [0.25, 0.3) is 9.05 Å². The maximum Gasteiger partial charge on any atom is 0.264 e. The van der Waals surface area contributed by atoms with Gasteiger partial charge in [0.15, 0.2) is 0 Å². The number of benzene rings is 1. The fraction of sp³-hybridized carbons (Fsp3) is 0.100. The lowest BCUT2D eigenvalue weighted by molar-refractivity contribution is 0.415. The fourth-order valence-corrected chi connectivity index (χ4v) is 4.26. The molecule has 4 nitrogen and oxygen atoms in total. The van der Waals surface area contributed by atoms with Gasteiger partial charge in [0.1, 0.15) is 21.6 Å². The summed E-state index contributed by atoms with van der Waals surface area (Å²) >= 11 is 1.08. The second-order valence-electron chi connectivity index (χ2n) is 3.17. The summed E-state index contributed by atoms with van der Waals surface area (Å²) in [6.07, 6.45) is 0. The first-order chi connectivity index (χ1) is 7.97. The maximum absolute atomic E-state index is 11.4. The van der Waals surface area contributed by atoms with Crippen LogP contribution in [0.5, 0.6) is 5.75 Å². The fourth-order valence-electron chi connectivity index (χ4n) is 1.50. The number of fused-ring (bicyclic) bond motifs is 1. The molecule has 0 radical (unpaired) electrons. The summed E-state index contributed by atoms with van der Waals surface area (Å²) in [6, 6.07) is 6.73. The van der Waals surface area contributed by atoms with Crippen molar-refractivity contribution in [3.05, 3.63) is 23.1 Å². The molecule has 0 saturated carbocycles. The van der Waals surface area contributed by atoms with Gasteiger partial charge in [0, 0.05) is 20.8 Å². The zero-order valence-corrected chi connectivity index (χ0v) is 11.0. The molecular formula is C10H6ClNO3S2. The van der Waals surface area contributed by atoms with E-state index in [1.165, 1.54) is 7.11 Å². The monoisotopic (exact) mass is 287 g/mol. The Balaban J connectivity index is 2.88. The smallest absolute Gasteiger partial charge is 0.264 e. The van der Waals surface area contributed by atoms with Crippen LogP contribution in [0.1, 0.15) is 4.88 Å². The highest BCUT2D eigenvalue weighted by Gasteiger charge is 2.22. The molecule has 0 amide bonds. The Hall–Kier alpha value is -1.29. The number of thiophene rings is 1. The first-order valence-electron chi connectivity index (χ1n) is 4.42. The van der Waals surface area contributed by atoms with Crippen molar-refractivity contribution in [1.29, 1.82) is 5.26 Å². The minimum atomic E-state index is -3.93. The highest BCUT2D eigenvalue weighted by atomic mass is 35.7. The molecule has 1 aromatic heterocycles. The quantitative estimate of drug-likeness (QED) is 0.797. The minimum Gasteiger partial charge on any atom is -0.497 e. The van der Waals surface area contributed by atoms with E-state index < -0.39 is 9.05 Å². The van der Waals surface area contributed by atoms with E-state index in [4.69, 9.17) is 20.7 Å². The normalized spacial score (nSPS) is 11.4. The van der Waals surface area contributed by atoms with E-state index in [0.29, 0.717) is 15.8 Å². The van der Waals surface area contributed by atoms with Crippen LogP contribution in [0.2, 0.25) is 0 Å². The van der Waals surface area contributed by atoms with Gasteiger partial charge in [0.05, 0.1) is 7.11 Å². The summed E-state index contributed by atoms with van der Waals surface area (Å²) in [5.41, 5.74) is 0. The zero-order chi connectivity index (χ0) is 12.6. The summed E-state index contributed by atoms with van der Waals surface area (Å²) in [5.74, 6) is 0.599. The topological polar surface area (TPSA) is 67.2 Å². The van der Waals surface area contributed by atoms with Crippen LogP contribution in [0, 0.1) is 11.3 Å². The molecule has 0 aliphatic heterocycles. The third kappa shape index (κ3) is 2.09. The molecule has 0 N–H and O–H groups in total. The number of ether oxygens (including phenoxy) is 1. The van der Waals surface area contributed by atoms with Crippen molar-refractivity contribution in [2.24, 2.45) is 0 Å². The van der Waals surface area contributed by atoms with Crippen molar-refractivity contribution in [3.63, 3.8) is 0 Å². The van der Waals surface area contributed by atoms with Gasteiger partial charge in [-0.15, -0.1) is 11.3 Å². The average Bonchev–Trinajstić information content (AvgIpc) is 2.65. The molecule has 2 rings (SSSR count). The van der Waals surface area contributed by atoms with E-state index in [9.17, 15) is 8.42 Å². The van der Waals surface area contributed by atoms with E-state index in [1.54, 1.807) is 18.2 Å². The van der Waals surface area contributed by atoms with Crippen molar-refractivity contribution in [1.82, 2.24) is 0 Å². The molecule has 0 unspecified atom stereocenters. The third-order valence-electron chi connectivity index (χ3n) is 2.20. The summed E-state index contributed by atoms with van der Waals surface area (Å²) in [6.45, 7) is 0. The number of nitriles is 1. The molecule has 1 heterocycles. The van der Waals surface area contributed by atoms with Crippen LogP contribution in [-0.2, 0) is 9.05 Å². The molecular weight excluding hydrogens is 282 g/mol. The van der Waals surface area contributed by atoms with Gasteiger partial charge < -0.3 is 4.74 Å². The van der Waals surface area contributed by atoms with Gasteiger partial charge in [-0.1, -0.05) is 0 Å². The Morgan fingerprint density at radius 2 is 2.18 bits per heavy atom. The average molecular weight is 288 g/mol. The van der Waals surface area contributed by atoms with E-state index in [1.807, 2.05) is 6.07 Å². The molecule has 0 atom stereocenters. The SMILES string of the molecule is COc1ccc2c(S(=O)(=O)Cl)c(C#N)sc2c1. The van der Waals surface area contributed by atoms with Gasteiger partial charge in [0.2, 0.25) is 0 Å². The second kappa shape index (κ2) is 4.18. The molecule has 0 aliphatic rings. The van der Waals surface area contributed by atoms with Crippen LogP contribution in [0.3, 0.4) is 0 Å². The van der Waals surface area contributed by atoms with Gasteiger partial charge in [-0.3, -0.25) is 0 Å². The molecule has 88 valence electrons. The van der Waals surface area contributed by atoms with Crippen molar-refractivity contribution in [2.75, 3.05) is 7.11 Å². The molecule has 0 spiro atoms. The summed E-state index contributed by atoms with van der Waals surface area (Å²) in [7, 11) is 2.92. The molecule has 17 heavy (non-hydrogen) atoms. The Labute approximate surface area is 106 Å². The standard InChI is InChI=1S/C10H6ClNO3S2/c1-15-6-2-3-7-8(4-6)16-9(5-12)10(7)17(11,13)14/h2-4H,1H3. The first-order valence-corrected chi connectivity index (χ1v) is 7.55. The number of methoxy groups -OCH3 is 1. The van der Waals surface area contributed by atoms with Crippen LogP contribution in [0.25, 0.3) is 10.1 Å². The number of hydrogen-bond donors (Lipinski definition) is 0. The van der Waals surface area contributed by atoms with E-state index in [-0.39, 0.29) is 9.77 Å². The van der Waals surface area contributed by atoms with Gasteiger partial charge in [-0.05, 0) is 18.2 Å². The maximum atomic E-state index is 11.4. The van der Waals surface area contributed by atoms with Crippen LogP contribution >= 0.6 is 22.0 Å². The van der Waals surface area contributed by atoms with E-state index >= 15 is 0 Å². The molecule has 0 bridgehead atoms. The van der Waals surface area contributed by atoms with Gasteiger partial charge >= 0.3 is 0 Å². The molecule has 7 heteroatoms. The Bertz CT molecular complexity index is 728. The Kier molecular flexibility index (Phi) is 3.00. The van der Waals surface area contributed by atoms with Crippen LogP contribution < -0.4 is 4.74 Å². The third-order valence-corrected chi connectivity index (χ3v) is 4.76. The first kappa shape index (κ1) is 12.2. The lowest BCUT2D eigenvalue weighted by atomic mass is 10.2. The second-order valence-corrected chi connectivity index (χ2v) is 6.73. The molecule has 0 fully saturated rings. The number of hydrogen-bond acceptors (Lipinski definition) is 5. The number of rotatable bonds is 2. The van der Waals surface area contributed by atoms with Crippen LogP contribution in [-0.4, -0.2) is 15.5 Å². The van der Waals surface area contributed by atoms with Crippen molar-refractivity contribution >= 4 is 41.2 Å². The summed E-state index contributed by atoms with van der Waals surface area (Å²) < 4.78 is 28.5. The number of halogens is 1. The Morgan fingerprint density at radius 1 is 1.47 bits per heavy atom. The van der Waals surface area contributed by atoms with Crippen molar-refractivity contribution in [2.45, 2.75) is 4.90 Å². The highest BCUT2D eigenvalue weighted by Crippen LogP contribution is 2.37. The highest BCUT2D eigenvalue weighted by molar-refractivity contribution is 8.14. The molecule has 1 aromatic carbocycles. The van der Waals surface area contributed by atoms with Crippen molar-refractivity contribution < 1.29 is 13.2 Å². The van der Waals surface area contributed by atoms with Gasteiger partial charge in [-0.2, -0.15) is 5.26 Å². The predicted molar refractivity (Wildman–Crippen MR) is 66.1 cm³/mol. The Morgan fingerprint density at radius 3 is 2.71 bits per heavy atom. The summed E-state index contributed by atoms with van der Waals surface area (Å²) in [5, 5.41) is 9.36. The summed E-state index contributed by atoms with van der Waals surface area (Å²) in [4.78, 5) is -0.0347. The lowest BCUT2D eigenvalue weighted by Gasteiger charge is -1.99.